The first-order valence-corrected chi connectivity index (χ1v) is 11.0. The highest BCUT2D eigenvalue weighted by atomic mass is 16.6. The van der Waals surface area contributed by atoms with Crippen LogP contribution in [0, 0.1) is 35.0 Å². The average Bonchev–Trinajstić information content (AvgIpc) is 3.45. The summed E-state index contributed by atoms with van der Waals surface area (Å²) in [7, 11) is 0. The summed E-state index contributed by atoms with van der Waals surface area (Å²) in [5.41, 5.74) is -0.381. The van der Waals surface area contributed by atoms with E-state index in [4.69, 9.17) is 18.9 Å². The summed E-state index contributed by atoms with van der Waals surface area (Å²) >= 11 is 0. The second-order valence-corrected chi connectivity index (χ2v) is 10.5. The molecular weight excluding hydrogens is 360 g/mol. The number of carbonyl (C=O) groups is 2. The maximum Gasteiger partial charge on any atom is 0.309 e. The Bertz CT molecular complexity index is 659. The van der Waals surface area contributed by atoms with Crippen LogP contribution in [-0.4, -0.2) is 49.6 Å². The van der Waals surface area contributed by atoms with Crippen molar-refractivity contribution in [1.82, 2.24) is 0 Å². The van der Waals surface area contributed by atoms with Crippen LogP contribution in [-0.2, 0) is 28.5 Å². The zero-order valence-electron chi connectivity index (χ0n) is 17.1. The number of hydrogen-bond donors (Lipinski definition) is 0. The molecule has 28 heavy (non-hydrogen) atoms. The minimum absolute atomic E-state index is 0.00504. The summed E-state index contributed by atoms with van der Waals surface area (Å²) in [5, 5.41) is 0. The van der Waals surface area contributed by atoms with Gasteiger partial charge in [-0.15, -0.1) is 0 Å². The van der Waals surface area contributed by atoms with Crippen molar-refractivity contribution < 1.29 is 28.5 Å². The molecule has 5 aliphatic rings. The zero-order valence-corrected chi connectivity index (χ0v) is 17.1. The van der Waals surface area contributed by atoms with Gasteiger partial charge in [-0.2, -0.15) is 0 Å². The SMILES string of the molecule is CC1OC1C1CCC(C(=O)OCC(C)(C)COC(=O)C2CC3CC2C2OC32)C1. The van der Waals surface area contributed by atoms with Crippen molar-refractivity contribution in [2.24, 2.45) is 35.0 Å². The lowest BCUT2D eigenvalue weighted by atomic mass is 9.89. The quantitative estimate of drug-likeness (QED) is 0.490. The number of carbonyl (C=O) groups excluding carboxylic acids is 2. The standard InChI is InChI=1S/C22H32O6/c1-11-17(27-11)12-4-5-13(6-12)20(23)25-9-22(2,3)10-26-21(24)16-8-14-7-15(16)19-18(14)28-19/h11-19H,4-10H2,1-3H3. The molecule has 3 saturated carbocycles. The molecule has 2 heterocycles. The summed E-state index contributed by atoms with van der Waals surface area (Å²) in [6.07, 6.45) is 6.26. The largest absolute Gasteiger partial charge is 0.465 e. The van der Waals surface area contributed by atoms with Gasteiger partial charge in [-0.3, -0.25) is 9.59 Å². The van der Waals surface area contributed by atoms with E-state index < -0.39 is 0 Å². The number of rotatable bonds is 7. The van der Waals surface area contributed by atoms with E-state index in [0.717, 1.165) is 32.1 Å². The molecule has 0 aromatic carbocycles. The third-order valence-corrected chi connectivity index (χ3v) is 7.64. The molecule has 3 aliphatic carbocycles. The van der Waals surface area contributed by atoms with Gasteiger partial charge in [0.05, 0.1) is 49.5 Å². The number of ether oxygens (including phenoxy) is 4. The fourth-order valence-electron chi connectivity index (χ4n) is 5.90. The number of hydrogen-bond acceptors (Lipinski definition) is 6. The van der Waals surface area contributed by atoms with Crippen LogP contribution in [0.1, 0.15) is 52.9 Å². The molecule has 5 fully saturated rings. The summed E-state index contributed by atoms with van der Waals surface area (Å²) < 4.78 is 22.4. The predicted octanol–water partition coefficient (Wildman–Crippen LogP) is 2.73. The van der Waals surface area contributed by atoms with Crippen molar-refractivity contribution in [3.05, 3.63) is 0 Å². The van der Waals surface area contributed by atoms with Gasteiger partial charge in [-0.05, 0) is 50.9 Å². The van der Waals surface area contributed by atoms with Gasteiger partial charge in [0.15, 0.2) is 0 Å². The van der Waals surface area contributed by atoms with E-state index in [1.54, 1.807) is 0 Å². The molecule has 0 aromatic heterocycles. The molecule has 2 aliphatic heterocycles. The van der Waals surface area contributed by atoms with Crippen LogP contribution in [0.5, 0.6) is 0 Å². The minimum atomic E-state index is -0.381. The van der Waals surface area contributed by atoms with Crippen LogP contribution in [0.15, 0.2) is 0 Å². The predicted molar refractivity (Wildman–Crippen MR) is 99.2 cm³/mol. The molecule has 0 amide bonds. The molecule has 0 spiro atoms. The number of esters is 2. The van der Waals surface area contributed by atoms with E-state index in [2.05, 4.69) is 6.92 Å². The topological polar surface area (TPSA) is 77.7 Å². The number of epoxide rings is 2. The van der Waals surface area contributed by atoms with Crippen LogP contribution in [0.4, 0.5) is 0 Å². The number of fused-ring (bicyclic) bond motifs is 5. The lowest BCUT2D eigenvalue weighted by molar-refractivity contribution is -0.158. The Kier molecular flexibility index (Phi) is 4.51. The third kappa shape index (κ3) is 3.47. The molecule has 2 bridgehead atoms. The van der Waals surface area contributed by atoms with E-state index in [9.17, 15) is 9.59 Å². The minimum Gasteiger partial charge on any atom is -0.465 e. The first-order chi connectivity index (χ1) is 13.3. The molecule has 0 radical (unpaired) electrons. The lowest BCUT2D eigenvalue weighted by Gasteiger charge is -2.26. The Balaban J connectivity index is 1.04. The van der Waals surface area contributed by atoms with Crippen molar-refractivity contribution in [2.45, 2.75) is 77.3 Å². The van der Waals surface area contributed by atoms with Crippen LogP contribution in [0.2, 0.25) is 0 Å². The molecular formula is C22H32O6. The third-order valence-electron chi connectivity index (χ3n) is 7.64. The lowest BCUT2D eigenvalue weighted by Crippen LogP contribution is -2.33. The Morgan fingerprint density at radius 2 is 1.61 bits per heavy atom. The first-order valence-electron chi connectivity index (χ1n) is 11.0. The van der Waals surface area contributed by atoms with Gasteiger partial charge in [-0.1, -0.05) is 13.8 Å². The normalized spacial score (nSPS) is 45.6. The van der Waals surface area contributed by atoms with Gasteiger partial charge >= 0.3 is 11.9 Å². The molecule has 0 N–H and O–H groups in total. The maximum absolute atomic E-state index is 12.5. The summed E-state index contributed by atoms with van der Waals surface area (Å²) in [4.78, 5) is 25.0. The van der Waals surface area contributed by atoms with Crippen LogP contribution >= 0.6 is 0 Å². The Labute approximate surface area is 166 Å². The highest BCUT2D eigenvalue weighted by molar-refractivity contribution is 5.74. The van der Waals surface area contributed by atoms with Crippen molar-refractivity contribution in [3.63, 3.8) is 0 Å². The van der Waals surface area contributed by atoms with E-state index in [1.807, 2.05) is 13.8 Å². The second-order valence-electron chi connectivity index (χ2n) is 10.5. The zero-order chi connectivity index (χ0) is 19.6. The maximum atomic E-state index is 12.5. The molecule has 2 saturated heterocycles. The summed E-state index contributed by atoms with van der Waals surface area (Å²) in [6.45, 7) is 6.60. The van der Waals surface area contributed by atoms with E-state index in [0.29, 0.717) is 42.2 Å². The molecule has 5 rings (SSSR count). The summed E-state index contributed by atoms with van der Waals surface area (Å²) in [6, 6.07) is 0. The highest BCUT2D eigenvalue weighted by Gasteiger charge is 2.65. The molecule has 9 unspecified atom stereocenters. The Hall–Kier alpha value is -1.14. The highest BCUT2D eigenvalue weighted by Crippen LogP contribution is 2.59. The van der Waals surface area contributed by atoms with Crippen molar-refractivity contribution in [1.29, 1.82) is 0 Å². The molecule has 156 valence electrons. The smallest absolute Gasteiger partial charge is 0.309 e. The van der Waals surface area contributed by atoms with Crippen LogP contribution in [0.25, 0.3) is 0 Å². The Morgan fingerprint density at radius 3 is 2.25 bits per heavy atom. The monoisotopic (exact) mass is 392 g/mol. The van der Waals surface area contributed by atoms with Crippen molar-refractivity contribution >= 4 is 11.9 Å². The summed E-state index contributed by atoms with van der Waals surface area (Å²) in [5.74, 6) is 1.18. The fraction of sp³-hybridized carbons (Fsp3) is 0.909. The molecule has 9 atom stereocenters. The average molecular weight is 392 g/mol. The second kappa shape index (κ2) is 6.69. The van der Waals surface area contributed by atoms with Crippen molar-refractivity contribution in [2.75, 3.05) is 13.2 Å². The van der Waals surface area contributed by atoms with Crippen molar-refractivity contribution in [3.8, 4) is 0 Å². The molecule has 6 nitrogen and oxygen atoms in total. The first kappa shape index (κ1) is 18.9. The molecule has 0 aromatic rings. The fourth-order valence-corrected chi connectivity index (χ4v) is 5.90. The van der Waals surface area contributed by atoms with Gasteiger partial charge in [0.25, 0.3) is 0 Å². The van der Waals surface area contributed by atoms with Gasteiger partial charge in [-0.25, -0.2) is 0 Å². The Morgan fingerprint density at radius 1 is 0.893 bits per heavy atom. The van der Waals surface area contributed by atoms with Gasteiger partial charge < -0.3 is 18.9 Å². The van der Waals surface area contributed by atoms with Gasteiger partial charge in [0, 0.05) is 11.3 Å². The van der Waals surface area contributed by atoms with E-state index >= 15 is 0 Å². The van der Waals surface area contributed by atoms with Gasteiger partial charge in [0.1, 0.15) is 0 Å². The van der Waals surface area contributed by atoms with E-state index in [1.165, 1.54) is 0 Å². The van der Waals surface area contributed by atoms with E-state index in [-0.39, 0.29) is 42.4 Å². The van der Waals surface area contributed by atoms with Crippen LogP contribution < -0.4 is 0 Å². The van der Waals surface area contributed by atoms with Crippen LogP contribution in [0.3, 0.4) is 0 Å². The van der Waals surface area contributed by atoms with Gasteiger partial charge in [0.2, 0.25) is 0 Å². The molecule has 6 heteroatoms.